The Bertz CT molecular complexity index is 629. The first-order chi connectivity index (χ1) is 9.04. The van der Waals surface area contributed by atoms with Gasteiger partial charge in [-0.15, -0.1) is 0 Å². The predicted molar refractivity (Wildman–Crippen MR) is 77.6 cm³/mol. The van der Waals surface area contributed by atoms with E-state index in [2.05, 4.69) is 0 Å². The third kappa shape index (κ3) is 4.09. The van der Waals surface area contributed by atoms with E-state index in [0.717, 1.165) is 6.07 Å². The summed E-state index contributed by atoms with van der Waals surface area (Å²) in [4.78, 5) is 11.6. The third-order valence-electron chi connectivity index (χ3n) is 2.76. The molecule has 0 bridgehead atoms. The molecular weight excluding hydrogens is 325 g/mol. The Hall–Kier alpha value is -0.820. The summed E-state index contributed by atoms with van der Waals surface area (Å²) in [6.45, 7) is 5.49. The maximum Gasteiger partial charge on any atom is 0.340 e. The van der Waals surface area contributed by atoms with Crippen LogP contribution in [0.25, 0.3) is 0 Å². The molecular formula is C12H15Cl2NO4S. The third-order valence-corrected chi connectivity index (χ3v) is 4.43. The molecule has 1 rings (SSSR count). The number of rotatable bonds is 4. The number of benzene rings is 1. The number of primary sulfonamides is 1. The molecule has 2 N–H and O–H groups in total. The highest BCUT2D eigenvalue weighted by Gasteiger charge is 2.23. The van der Waals surface area contributed by atoms with Gasteiger partial charge in [0, 0.05) is 5.02 Å². The maximum atomic E-state index is 12.0. The Morgan fingerprint density at radius 2 is 1.80 bits per heavy atom. The summed E-state index contributed by atoms with van der Waals surface area (Å²) >= 11 is 11.7. The summed E-state index contributed by atoms with van der Waals surface area (Å²) in [5.41, 5.74) is -0.129. The smallest absolute Gasteiger partial charge is 0.340 e. The number of carbonyl (C=O) groups is 1. The van der Waals surface area contributed by atoms with Gasteiger partial charge in [0.15, 0.2) is 0 Å². The Labute approximate surface area is 128 Å². The van der Waals surface area contributed by atoms with Crippen molar-refractivity contribution in [3.8, 4) is 0 Å². The van der Waals surface area contributed by atoms with Gasteiger partial charge in [0.25, 0.3) is 0 Å². The number of esters is 1. The molecule has 0 amide bonds. The Kier molecular flexibility index (Phi) is 5.43. The molecule has 20 heavy (non-hydrogen) atoms. The average Bonchev–Trinajstić information content (AvgIpc) is 2.29. The Morgan fingerprint density at radius 3 is 2.25 bits per heavy atom. The minimum absolute atomic E-state index is 0.0302. The van der Waals surface area contributed by atoms with Crippen molar-refractivity contribution in [2.45, 2.75) is 31.8 Å². The van der Waals surface area contributed by atoms with Crippen LogP contribution in [0.1, 0.15) is 31.1 Å². The highest BCUT2D eigenvalue weighted by molar-refractivity contribution is 7.89. The highest BCUT2D eigenvalue weighted by Crippen LogP contribution is 2.29. The monoisotopic (exact) mass is 339 g/mol. The number of sulfonamides is 1. The van der Waals surface area contributed by atoms with Crippen molar-refractivity contribution in [1.82, 2.24) is 0 Å². The number of halogens is 2. The lowest BCUT2D eigenvalue weighted by molar-refractivity contribution is 0.0238. The molecule has 1 aromatic rings. The molecule has 0 aliphatic heterocycles. The van der Waals surface area contributed by atoms with Crippen LogP contribution in [0.2, 0.25) is 10.0 Å². The van der Waals surface area contributed by atoms with E-state index < -0.39 is 20.9 Å². The van der Waals surface area contributed by atoms with Crippen LogP contribution in [0.5, 0.6) is 0 Å². The molecule has 8 heteroatoms. The van der Waals surface area contributed by atoms with Gasteiger partial charge in [-0.3, -0.25) is 0 Å². The van der Waals surface area contributed by atoms with Gasteiger partial charge in [-0.2, -0.15) is 0 Å². The Morgan fingerprint density at radius 1 is 1.25 bits per heavy atom. The number of ether oxygens (including phenoxy) is 1. The zero-order chi connectivity index (χ0) is 15.7. The molecule has 0 aliphatic carbocycles. The topological polar surface area (TPSA) is 86.5 Å². The van der Waals surface area contributed by atoms with Crippen molar-refractivity contribution in [3.05, 3.63) is 27.7 Å². The first-order valence-corrected chi connectivity index (χ1v) is 8.07. The van der Waals surface area contributed by atoms with Gasteiger partial charge in [-0.05, 0) is 25.0 Å². The zero-order valence-corrected chi connectivity index (χ0v) is 13.5. The highest BCUT2D eigenvalue weighted by atomic mass is 35.5. The molecule has 112 valence electrons. The van der Waals surface area contributed by atoms with Gasteiger partial charge < -0.3 is 4.74 Å². The average molecular weight is 340 g/mol. The van der Waals surface area contributed by atoms with Gasteiger partial charge in [0.05, 0.1) is 10.6 Å². The molecule has 0 aromatic heterocycles. The van der Waals surface area contributed by atoms with Crippen LogP contribution in [-0.4, -0.2) is 20.5 Å². The van der Waals surface area contributed by atoms with E-state index in [-0.39, 0.29) is 27.6 Å². The fourth-order valence-corrected chi connectivity index (χ4v) is 2.73. The molecule has 0 spiro atoms. The van der Waals surface area contributed by atoms with Crippen LogP contribution in [0.4, 0.5) is 0 Å². The van der Waals surface area contributed by atoms with Gasteiger partial charge in [-0.1, -0.05) is 37.0 Å². The molecule has 0 heterocycles. The summed E-state index contributed by atoms with van der Waals surface area (Å²) in [6.07, 6.45) is -0.351. The van der Waals surface area contributed by atoms with Crippen LogP contribution in [-0.2, 0) is 14.8 Å². The van der Waals surface area contributed by atoms with E-state index >= 15 is 0 Å². The lowest BCUT2D eigenvalue weighted by atomic mass is 10.1. The second-order valence-corrected chi connectivity index (χ2v) is 7.01. The molecule has 0 fully saturated rings. The molecule has 0 saturated carbocycles. The van der Waals surface area contributed by atoms with Crippen molar-refractivity contribution in [2.75, 3.05) is 0 Å². The van der Waals surface area contributed by atoms with Crippen molar-refractivity contribution in [3.63, 3.8) is 0 Å². The normalized spacial score (nSPS) is 13.3. The fraction of sp³-hybridized carbons (Fsp3) is 0.417. The van der Waals surface area contributed by atoms with Gasteiger partial charge in [0.2, 0.25) is 10.0 Å². The lowest BCUT2D eigenvalue weighted by Crippen LogP contribution is -2.21. The van der Waals surface area contributed by atoms with Gasteiger partial charge in [0.1, 0.15) is 11.0 Å². The van der Waals surface area contributed by atoms with Crippen molar-refractivity contribution in [1.29, 1.82) is 0 Å². The van der Waals surface area contributed by atoms with E-state index in [9.17, 15) is 13.2 Å². The first-order valence-electron chi connectivity index (χ1n) is 5.77. The number of hydrogen-bond acceptors (Lipinski definition) is 4. The van der Waals surface area contributed by atoms with Crippen molar-refractivity contribution in [2.24, 2.45) is 11.1 Å². The fourth-order valence-electron chi connectivity index (χ4n) is 1.29. The number of carbonyl (C=O) groups excluding carboxylic acids is 1. The predicted octanol–water partition coefficient (Wildman–Crippen LogP) is 2.84. The van der Waals surface area contributed by atoms with E-state index in [4.69, 9.17) is 33.1 Å². The standard InChI is InChI=1S/C12H15Cl2NO4S/c1-6(2)7(3)19-12(16)9-4-8(13)5-10(11(9)14)20(15,17)18/h4-7H,1-3H3,(H2,15,17,18). The Balaban J connectivity index is 3.26. The molecule has 5 nitrogen and oxygen atoms in total. The van der Waals surface area contributed by atoms with Crippen LogP contribution in [0.15, 0.2) is 17.0 Å². The van der Waals surface area contributed by atoms with Crippen LogP contribution < -0.4 is 5.14 Å². The number of nitrogens with two attached hydrogens (primary N) is 1. The van der Waals surface area contributed by atoms with Crippen molar-refractivity contribution >= 4 is 39.2 Å². The van der Waals surface area contributed by atoms with E-state index in [1.165, 1.54) is 6.07 Å². The molecule has 1 aromatic carbocycles. The summed E-state index contributed by atoms with van der Waals surface area (Å²) in [5.74, 6) is -0.641. The molecule has 1 atom stereocenters. The summed E-state index contributed by atoms with van der Waals surface area (Å²) in [6, 6.07) is 2.33. The van der Waals surface area contributed by atoms with Crippen molar-refractivity contribution < 1.29 is 17.9 Å². The van der Waals surface area contributed by atoms with E-state index in [1.807, 2.05) is 13.8 Å². The quantitative estimate of drug-likeness (QED) is 0.854. The van der Waals surface area contributed by atoms with Gasteiger partial charge >= 0.3 is 5.97 Å². The first kappa shape index (κ1) is 17.2. The summed E-state index contributed by atoms with van der Waals surface area (Å²) in [7, 11) is -4.08. The zero-order valence-electron chi connectivity index (χ0n) is 11.2. The minimum atomic E-state index is -4.08. The second-order valence-electron chi connectivity index (χ2n) is 4.66. The SMILES string of the molecule is CC(C)C(C)OC(=O)c1cc(Cl)cc(S(N)(=O)=O)c1Cl. The molecule has 1 unspecified atom stereocenters. The molecule has 0 radical (unpaired) electrons. The van der Waals surface area contributed by atoms with Gasteiger partial charge in [-0.25, -0.2) is 18.4 Å². The summed E-state index contributed by atoms with van der Waals surface area (Å²) < 4.78 is 28.0. The number of hydrogen-bond donors (Lipinski definition) is 1. The molecule has 0 aliphatic rings. The lowest BCUT2D eigenvalue weighted by Gasteiger charge is -2.17. The molecule has 0 saturated heterocycles. The summed E-state index contributed by atoms with van der Waals surface area (Å²) in [5, 5.41) is 4.76. The largest absolute Gasteiger partial charge is 0.459 e. The van der Waals surface area contributed by atoms with Crippen LogP contribution >= 0.6 is 23.2 Å². The second kappa shape index (κ2) is 6.30. The van der Waals surface area contributed by atoms with E-state index in [1.54, 1.807) is 6.92 Å². The van der Waals surface area contributed by atoms with E-state index in [0.29, 0.717) is 0 Å². The minimum Gasteiger partial charge on any atom is -0.459 e. The van der Waals surface area contributed by atoms with Crippen LogP contribution in [0, 0.1) is 5.92 Å². The maximum absolute atomic E-state index is 12.0. The van der Waals surface area contributed by atoms with Crippen LogP contribution in [0.3, 0.4) is 0 Å².